The summed E-state index contributed by atoms with van der Waals surface area (Å²) in [7, 11) is 0. The standard InChI is InChI=1S/C33H43NO6/c1-19(2)32(6,18-34-15-13-23(36)14-16-34)28-30(39)27(33(7,20(3)4)21(5)35)29(38)26-24(37)17-25(40-31(26)28)22-11-9-8-10-12-22/h8-12,17,19-20,23,36,38-39H,13-16,18H2,1-7H3/t32-,33?/m0/s1. The lowest BCUT2D eigenvalue weighted by molar-refractivity contribution is -0.123. The van der Waals surface area contributed by atoms with Crippen molar-refractivity contribution in [1.29, 1.82) is 0 Å². The van der Waals surface area contributed by atoms with Crippen LogP contribution in [0, 0.1) is 11.8 Å². The molecule has 0 spiro atoms. The lowest BCUT2D eigenvalue weighted by Gasteiger charge is -2.43. The molecule has 0 radical (unpaired) electrons. The van der Waals surface area contributed by atoms with Crippen molar-refractivity contribution in [3.8, 4) is 22.8 Å². The van der Waals surface area contributed by atoms with E-state index in [-0.39, 0.29) is 46.0 Å². The highest BCUT2D eigenvalue weighted by atomic mass is 16.3. The summed E-state index contributed by atoms with van der Waals surface area (Å²) in [5.74, 6) is -0.826. The Morgan fingerprint density at radius 1 is 1.00 bits per heavy atom. The molecule has 1 saturated heterocycles. The fourth-order valence-electron chi connectivity index (χ4n) is 6.09. The van der Waals surface area contributed by atoms with E-state index in [9.17, 15) is 24.9 Å². The minimum atomic E-state index is -1.26. The molecule has 216 valence electrons. The second-order valence-electron chi connectivity index (χ2n) is 12.5. The highest BCUT2D eigenvalue weighted by Crippen LogP contribution is 2.53. The van der Waals surface area contributed by atoms with Gasteiger partial charge in [-0.25, -0.2) is 0 Å². The summed E-state index contributed by atoms with van der Waals surface area (Å²) in [6, 6.07) is 10.6. The summed E-state index contributed by atoms with van der Waals surface area (Å²) in [5, 5.41) is 33.9. The van der Waals surface area contributed by atoms with Gasteiger partial charge in [-0.1, -0.05) is 65.0 Å². The van der Waals surface area contributed by atoms with Crippen molar-refractivity contribution in [3.63, 3.8) is 0 Å². The summed E-state index contributed by atoms with van der Waals surface area (Å²) >= 11 is 0. The third-order valence-electron chi connectivity index (χ3n) is 9.54. The Labute approximate surface area is 236 Å². The van der Waals surface area contributed by atoms with Gasteiger partial charge in [0, 0.05) is 42.2 Å². The van der Waals surface area contributed by atoms with Crippen LogP contribution < -0.4 is 5.43 Å². The zero-order valence-electron chi connectivity index (χ0n) is 24.7. The Kier molecular flexibility index (Phi) is 8.21. The molecule has 7 heteroatoms. The van der Waals surface area contributed by atoms with Crippen LogP contribution >= 0.6 is 0 Å². The maximum Gasteiger partial charge on any atom is 0.197 e. The topological polar surface area (TPSA) is 111 Å². The molecule has 0 amide bonds. The fraction of sp³-hybridized carbons (Fsp3) is 0.515. The number of aromatic hydroxyl groups is 2. The van der Waals surface area contributed by atoms with Gasteiger partial charge < -0.3 is 24.6 Å². The quantitative estimate of drug-likeness (QED) is 0.328. The van der Waals surface area contributed by atoms with Crippen LogP contribution in [0.1, 0.15) is 72.4 Å². The summed E-state index contributed by atoms with van der Waals surface area (Å²) in [6.45, 7) is 15.0. The lowest BCUT2D eigenvalue weighted by atomic mass is 9.65. The predicted molar refractivity (Wildman–Crippen MR) is 158 cm³/mol. The van der Waals surface area contributed by atoms with Crippen LogP contribution in [0.2, 0.25) is 0 Å². The van der Waals surface area contributed by atoms with Crippen LogP contribution in [-0.4, -0.2) is 51.7 Å². The molecule has 0 bridgehead atoms. The number of benzene rings is 2. The Hall–Kier alpha value is -3.16. The van der Waals surface area contributed by atoms with Gasteiger partial charge in [-0.3, -0.25) is 9.59 Å². The molecule has 4 rings (SSSR count). The van der Waals surface area contributed by atoms with Gasteiger partial charge in [-0.05, 0) is 38.5 Å². The van der Waals surface area contributed by atoms with Gasteiger partial charge in [0.05, 0.1) is 17.1 Å². The zero-order chi connectivity index (χ0) is 29.6. The van der Waals surface area contributed by atoms with E-state index in [1.165, 1.54) is 13.0 Å². The molecule has 2 atom stereocenters. The van der Waals surface area contributed by atoms with Gasteiger partial charge >= 0.3 is 0 Å². The van der Waals surface area contributed by atoms with Crippen LogP contribution in [0.4, 0.5) is 0 Å². The molecule has 0 aliphatic carbocycles. The van der Waals surface area contributed by atoms with Gasteiger partial charge in [0.2, 0.25) is 0 Å². The average Bonchev–Trinajstić information content (AvgIpc) is 2.89. The minimum absolute atomic E-state index is 0.0286. The van der Waals surface area contributed by atoms with Crippen LogP contribution in [0.3, 0.4) is 0 Å². The minimum Gasteiger partial charge on any atom is -0.507 e. The van der Waals surface area contributed by atoms with Crippen molar-refractivity contribution in [1.82, 2.24) is 4.90 Å². The number of nitrogens with zero attached hydrogens (tertiary/aromatic N) is 1. The number of likely N-dealkylation sites (tertiary alicyclic amines) is 1. The summed E-state index contributed by atoms with van der Waals surface area (Å²) in [4.78, 5) is 29.2. The second kappa shape index (κ2) is 11.0. The number of hydrogen-bond acceptors (Lipinski definition) is 7. The van der Waals surface area contributed by atoms with Crippen molar-refractivity contribution < 1.29 is 24.5 Å². The number of phenolic OH excluding ortho intramolecular Hbond substituents is 2. The average molecular weight is 550 g/mol. The zero-order valence-corrected chi connectivity index (χ0v) is 24.7. The van der Waals surface area contributed by atoms with Gasteiger partial charge in [0.15, 0.2) is 5.43 Å². The number of Topliss-reactive ketones (excluding diaryl/α,β-unsaturated/α-hetero) is 1. The third-order valence-corrected chi connectivity index (χ3v) is 9.54. The second-order valence-corrected chi connectivity index (χ2v) is 12.5. The summed E-state index contributed by atoms with van der Waals surface area (Å²) in [5.41, 5.74) is -1.13. The smallest absolute Gasteiger partial charge is 0.197 e. The van der Waals surface area contributed by atoms with Crippen molar-refractivity contribution >= 4 is 16.8 Å². The van der Waals surface area contributed by atoms with E-state index in [1.54, 1.807) is 6.92 Å². The Morgan fingerprint density at radius 3 is 2.12 bits per heavy atom. The molecular formula is C33H43NO6. The lowest BCUT2D eigenvalue weighted by Crippen LogP contribution is -2.47. The first-order chi connectivity index (χ1) is 18.7. The van der Waals surface area contributed by atoms with Crippen molar-refractivity contribution in [2.45, 2.75) is 78.2 Å². The highest BCUT2D eigenvalue weighted by Gasteiger charge is 2.46. The number of ketones is 1. The number of carbonyl (C=O) groups is 1. The van der Waals surface area contributed by atoms with Crippen molar-refractivity contribution in [2.24, 2.45) is 11.8 Å². The normalized spacial score (nSPS) is 18.2. The number of piperidine rings is 1. The van der Waals surface area contributed by atoms with Gasteiger partial charge in [0.1, 0.15) is 34.0 Å². The molecule has 40 heavy (non-hydrogen) atoms. The molecule has 3 aromatic rings. The number of hydrogen-bond donors (Lipinski definition) is 3. The molecule has 1 aliphatic heterocycles. The first-order valence-corrected chi connectivity index (χ1v) is 14.3. The fourth-order valence-corrected chi connectivity index (χ4v) is 6.09. The van der Waals surface area contributed by atoms with E-state index in [1.807, 2.05) is 51.1 Å². The molecule has 2 aromatic carbocycles. The maximum atomic E-state index is 13.8. The van der Waals surface area contributed by atoms with E-state index >= 15 is 0 Å². The Balaban J connectivity index is 2.14. The van der Waals surface area contributed by atoms with Crippen LogP contribution in [0.25, 0.3) is 22.3 Å². The Bertz CT molecular complexity index is 1450. The molecular weight excluding hydrogens is 506 g/mol. The highest BCUT2D eigenvalue weighted by molar-refractivity contribution is 5.97. The van der Waals surface area contributed by atoms with E-state index in [0.717, 1.165) is 0 Å². The van der Waals surface area contributed by atoms with E-state index in [4.69, 9.17) is 4.42 Å². The van der Waals surface area contributed by atoms with Crippen LogP contribution in [-0.2, 0) is 15.6 Å². The van der Waals surface area contributed by atoms with Crippen molar-refractivity contribution in [3.05, 3.63) is 57.7 Å². The number of carbonyl (C=O) groups excluding carboxylic acids is 1. The summed E-state index contributed by atoms with van der Waals surface area (Å²) in [6.07, 6.45) is 0.986. The molecule has 3 N–H and O–H groups in total. The molecule has 1 aliphatic rings. The predicted octanol–water partition coefficient (Wildman–Crippen LogP) is 5.74. The Morgan fingerprint density at radius 2 is 1.60 bits per heavy atom. The SMILES string of the molecule is CC(=O)C(C)(c1c(O)c([C@@](C)(CN2CCC(O)CC2)C(C)C)c2oc(-c3ccccc3)cc(=O)c2c1O)C(C)C. The molecule has 1 unspecified atom stereocenters. The third kappa shape index (κ3) is 4.94. The van der Waals surface area contributed by atoms with Crippen LogP contribution in [0.5, 0.6) is 11.5 Å². The van der Waals surface area contributed by atoms with Gasteiger partial charge in [0.25, 0.3) is 0 Å². The van der Waals surface area contributed by atoms with Crippen LogP contribution in [0.15, 0.2) is 45.6 Å². The van der Waals surface area contributed by atoms with E-state index < -0.39 is 22.0 Å². The van der Waals surface area contributed by atoms with E-state index in [2.05, 4.69) is 18.7 Å². The number of aliphatic hydroxyl groups is 1. The van der Waals surface area contributed by atoms with Crippen molar-refractivity contribution in [2.75, 3.05) is 19.6 Å². The number of rotatable bonds is 8. The number of fused-ring (bicyclic) bond motifs is 1. The van der Waals surface area contributed by atoms with E-state index in [0.29, 0.717) is 49.4 Å². The monoisotopic (exact) mass is 549 g/mol. The largest absolute Gasteiger partial charge is 0.507 e. The molecule has 1 fully saturated rings. The summed E-state index contributed by atoms with van der Waals surface area (Å²) < 4.78 is 6.45. The van der Waals surface area contributed by atoms with Gasteiger partial charge in [-0.15, -0.1) is 0 Å². The molecule has 2 heterocycles. The first kappa shape index (κ1) is 29.8. The first-order valence-electron chi connectivity index (χ1n) is 14.3. The number of phenols is 2. The molecule has 1 aromatic heterocycles. The maximum absolute atomic E-state index is 13.8. The molecule has 0 saturated carbocycles. The number of aliphatic hydroxyl groups excluding tert-OH is 1. The molecule has 7 nitrogen and oxygen atoms in total. The van der Waals surface area contributed by atoms with Gasteiger partial charge in [-0.2, -0.15) is 0 Å².